The second-order valence-corrected chi connectivity index (χ2v) is 5.27. The molecule has 0 aliphatic rings. The molecule has 20 heavy (non-hydrogen) atoms. The summed E-state index contributed by atoms with van der Waals surface area (Å²) in [6, 6.07) is 12.3. The van der Waals surface area contributed by atoms with E-state index in [1.54, 1.807) is 24.3 Å². The van der Waals surface area contributed by atoms with Crippen LogP contribution in [-0.2, 0) is 11.3 Å². The number of halogens is 2. The van der Waals surface area contributed by atoms with Crippen molar-refractivity contribution < 1.29 is 9.18 Å². The van der Waals surface area contributed by atoms with Gasteiger partial charge in [-0.3, -0.25) is 4.79 Å². The fourth-order valence-electron chi connectivity index (χ4n) is 1.77. The van der Waals surface area contributed by atoms with Crippen LogP contribution in [0.1, 0.15) is 12.5 Å². The molecule has 104 valence electrons. The molecule has 1 amide bonds. The highest BCUT2D eigenvalue weighted by Gasteiger charge is 2.03. The first-order chi connectivity index (χ1) is 9.54. The first-order valence-corrected chi connectivity index (χ1v) is 6.89. The number of anilines is 2. The predicted octanol–water partition coefficient (Wildman–Crippen LogP) is 4.16. The van der Waals surface area contributed by atoms with Crippen LogP contribution >= 0.6 is 15.9 Å². The second kappa shape index (κ2) is 6.52. The molecule has 0 bridgehead atoms. The van der Waals surface area contributed by atoms with Crippen LogP contribution in [0.4, 0.5) is 15.8 Å². The van der Waals surface area contributed by atoms with Crippen molar-refractivity contribution in [2.75, 3.05) is 10.6 Å². The van der Waals surface area contributed by atoms with Crippen LogP contribution in [0, 0.1) is 5.82 Å². The van der Waals surface area contributed by atoms with Crippen LogP contribution in [0.25, 0.3) is 0 Å². The standard InChI is InChI=1S/C15H14BrFN2O/c1-10(20)19-14-4-2-3-13(8-14)18-9-11-5-6-12(16)7-15(11)17/h2-8,18H,9H2,1H3,(H,19,20). The Balaban J connectivity index is 2.05. The van der Waals surface area contributed by atoms with E-state index in [1.165, 1.54) is 13.0 Å². The van der Waals surface area contributed by atoms with Crippen molar-refractivity contribution in [1.82, 2.24) is 0 Å². The van der Waals surface area contributed by atoms with Crippen LogP contribution in [0.2, 0.25) is 0 Å². The van der Waals surface area contributed by atoms with Crippen LogP contribution < -0.4 is 10.6 Å². The van der Waals surface area contributed by atoms with Crippen LogP contribution in [0.15, 0.2) is 46.9 Å². The quantitative estimate of drug-likeness (QED) is 0.880. The Morgan fingerprint density at radius 3 is 2.65 bits per heavy atom. The number of rotatable bonds is 4. The van der Waals surface area contributed by atoms with Gasteiger partial charge in [-0.15, -0.1) is 0 Å². The molecule has 0 heterocycles. The van der Waals surface area contributed by atoms with Gasteiger partial charge in [0, 0.05) is 34.9 Å². The SMILES string of the molecule is CC(=O)Nc1cccc(NCc2ccc(Br)cc2F)c1. The van der Waals surface area contributed by atoms with Gasteiger partial charge in [0.2, 0.25) is 5.91 Å². The van der Waals surface area contributed by atoms with E-state index in [2.05, 4.69) is 26.6 Å². The summed E-state index contributed by atoms with van der Waals surface area (Å²) < 4.78 is 14.4. The van der Waals surface area contributed by atoms with Gasteiger partial charge < -0.3 is 10.6 Å². The fourth-order valence-corrected chi connectivity index (χ4v) is 2.11. The Bertz CT molecular complexity index is 631. The van der Waals surface area contributed by atoms with Gasteiger partial charge in [0.15, 0.2) is 0 Å². The lowest BCUT2D eigenvalue weighted by molar-refractivity contribution is -0.114. The monoisotopic (exact) mass is 336 g/mol. The van der Waals surface area contributed by atoms with Crippen molar-refractivity contribution in [1.29, 1.82) is 0 Å². The van der Waals surface area contributed by atoms with E-state index < -0.39 is 0 Å². The minimum absolute atomic E-state index is 0.124. The van der Waals surface area contributed by atoms with Crippen molar-refractivity contribution in [3.8, 4) is 0 Å². The minimum atomic E-state index is -0.259. The van der Waals surface area contributed by atoms with Crippen LogP contribution in [-0.4, -0.2) is 5.91 Å². The maximum atomic E-state index is 13.7. The number of carbonyl (C=O) groups is 1. The summed E-state index contributed by atoms with van der Waals surface area (Å²) in [7, 11) is 0. The summed E-state index contributed by atoms with van der Waals surface area (Å²) in [6.07, 6.45) is 0. The molecule has 0 aliphatic carbocycles. The third-order valence-electron chi connectivity index (χ3n) is 2.68. The highest BCUT2D eigenvalue weighted by molar-refractivity contribution is 9.10. The highest BCUT2D eigenvalue weighted by Crippen LogP contribution is 2.19. The number of hydrogen-bond acceptors (Lipinski definition) is 2. The average molecular weight is 337 g/mol. The molecular formula is C15H14BrFN2O. The first kappa shape index (κ1) is 14.5. The third kappa shape index (κ3) is 4.06. The van der Waals surface area contributed by atoms with E-state index in [9.17, 15) is 9.18 Å². The van der Waals surface area contributed by atoms with E-state index in [0.29, 0.717) is 22.3 Å². The highest BCUT2D eigenvalue weighted by atomic mass is 79.9. The van der Waals surface area contributed by atoms with Gasteiger partial charge in [-0.1, -0.05) is 28.1 Å². The Morgan fingerprint density at radius 2 is 1.95 bits per heavy atom. The molecular weight excluding hydrogens is 323 g/mol. The van der Waals surface area contributed by atoms with Crippen molar-refractivity contribution in [3.05, 3.63) is 58.3 Å². The smallest absolute Gasteiger partial charge is 0.221 e. The molecule has 5 heteroatoms. The maximum Gasteiger partial charge on any atom is 0.221 e. The van der Waals surface area contributed by atoms with E-state index >= 15 is 0 Å². The summed E-state index contributed by atoms with van der Waals surface area (Å²) in [4.78, 5) is 11.0. The Hall–Kier alpha value is -1.88. The molecule has 2 rings (SSSR count). The summed E-state index contributed by atoms with van der Waals surface area (Å²) >= 11 is 3.22. The van der Waals surface area contributed by atoms with Gasteiger partial charge >= 0.3 is 0 Å². The van der Waals surface area contributed by atoms with Gasteiger partial charge in [0.25, 0.3) is 0 Å². The number of nitrogens with one attached hydrogen (secondary N) is 2. The molecule has 0 fully saturated rings. The number of hydrogen-bond donors (Lipinski definition) is 2. The van der Waals surface area contributed by atoms with Crippen molar-refractivity contribution in [3.63, 3.8) is 0 Å². The Morgan fingerprint density at radius 1 is 1.20 bits per heavy atom. The van der Waals surface area contributed by atoms with E-state index in [0.717, 1.165) is 5.69 Å². The van der Waals surface area contributed by atoms with Gasteiger partial charge in [-0.2, -0.15) is 0 Å². The predicted molar refractivity (Wildman–Crippen MR) is 82.2 cm³/mol. The average Bonchev–Trinajstić information content (AvgIpc) is 2.37. The number of benzene rings is 2. The molecule has 0 saturated carbocycles. The zero-order chi connectivity index (χ0) is 14.5. The van der Waals surface area contributed by atoms with Crippen molar-refractivity contribution in [2.45, 2.75) is 13.5 Å². The van der Waals surface area contributed by atoms with Gasteiger partial charge in [0.1, 0.15) is 5.82 Å². The van der Waals surface area contributed by atoms with Crippen LogP contribution in [0.3, 0.4) is 0 Å². The van der Waals surface area contributed by atoms with Crippen molar-refractivity contribution in [2.24, 2.45) is 0 Å². The molecule has 0 spiro atoms. The molecule has 0 saturated heterocycles. The molecule has 0 radical (unpaired) electrons. The molecule has 0 unspecified atom stereocenters. The molecule has 2 aromatic rings. The summed E-state index contributed by atoms with van der Waals surface area (Å²) in [5.74, 6) is -0.383. The topological polar surface area (TPSA) is 41.1 Å². The molecule has 2 N–H and O–H groups in total. The summed E-state index contributed by atoms with van der Waals surface area (Å²) in [6.45, 7) is 1.83. The number of carbonyl (C=O) groups excluding carboxylic acids is 1. The second-order valence-electron chi connectivity index (χ2n) is 4.35. The molecule has 2 aromatic carbocycles. The van der Waals surface area contributed by atoms with Gasteiger partial charge in [0.05, 0.1) is 0 Å². The largest absolute Gasteiger partial charge is 0.381 e. The van der Waals surface area contributed by atoms with Crippen LogP contribution in [0.5, 0.6) is 0 Å². The van der Waals surface area contributed by atoms with E-state index in [1.807, 2.05) is 12.1 Å². The first-order valence-electron chi connectivity index (χ1n) is 6.10. The lowest BCUT2D eigenvalue weighted by Gasteiger charge is -2.09. The minimum Gasteiger partial charge on any atom is -0.381 e. The summed E-state index contributed by atoms with van der Waals surface area (Å²) in [5, 5.41) is 5.83. The van der Waals surface area contributed by atoms with Gasteiger partial charge in [-0.25, -0.2) is 4.39 Å². The molecule has 0 aromatic heterocycles. The third-order valence-corrected chi connectivity index (χ3v) is 3.17. The molecule has 0 aliphatic heterocycles. The molecule has 0 atom stereocenters. The number of amides is 1. The molecule has 3 nitrogen and oxygen atoms in total. The van der Waals surface area contributed by atoms with Crippen molar-refractivity contribution >= 4 is 33.2 Å². The Kier molecular flexibility index (Phi) is 4.74. The lowest BCUT2D eigenvalue weighted by Crippen LogP contribution is -2.06. The maximum absolute atomic E-state index is 13.7. The Labute approximate surface area is 125 Å². The lowest BCUT2D eigenvalue weighted by atomic mass is 10.2. The van der Waals surface area contributed by atoms with E-state index in [-0.39, 0.29) is 11.7 Å². The fraction of sp³-hybridized carbons (Fsp3) is 0.133. The van der Waals surface area contributed by atoms with Gasteiger partial charge in [-0.05, 0) is 30.3 Å². The normalized spacial score (nSPS) is 10.2. The summed E-state index contributed by atoms with van der Waals surface area (Å²) in [5.41, 5.74) is 2.11. The van der Waals surface area contributed by atoms with E-state index in [4.69, 9.17) is 0 Å². The zero-order valence-electron chi connectivity index (χ0n) is 10.9. The zero-order valence-corrected chi connectivity index (χ0v) is 12.5.